The highest BCUT2D eigenvalue weighted by atomic mass is 32.2. The molecule has 0 bridgehead atoms. The van der Waals surface area contributed by atoms with Crippen molar-refractivity contribution in [1.82, 2.24) is 4.72 Å². The highest BCUT2D eigenvalue weighted by molar-refractivity contribution is 7.89. The number of aliphatic hydroxyl groups is 1. The van der Waals surface area contributed by atoms with Crippen molar-refractivity contribution >= 4 is 21.4 Å². The summed E-state index contributed by atoms with van der Waals surface area (Å²) in [6, 6.07) is 9.99. The highest BCUT2D eigenvalue weighted by Gasteiger charge is 2.46. The van der Waals surface area contributed by atoms with Gasteiger partial charge in [0.15, 0.2) is 0 Å². The van der Waals surface area contributed by atoms with Gasteiger partial charge in [-0.1, -0.05) is 12.1 Å². The van der Waals surface area contributed by atoms with Crippen LogP contribution in [0.3, 0.4) is 0 Å². The molecule has 0 amide bonds. The van der Waals surface area contributed by atoms with Crippen LogP contribution in [-0.4, -0.2) is 27.2 Å². The zero-order valence-corrected chi connectivity index (χ0v) is 14.4. The van der Waals surface area contributed by atoms with Crippen LogP contribution < -0.4 is 9.46 Å². The Labute approximate surface area is 140 Å². The quantitative estimate of drug-likeness (QED) is 0.801. The van der Waals surface area contributed by atoms with Crippen LogP contribution in [0.2, 0.25) is 0 Å². The van der Waals surface area contributed by atoms with E-state index in [1.54, 1.807) is 12.1 Å². The fourth-order valence-electron chi connectivity index (χ4n) is 2.58. The van der Waals surface area contributed by atoms with Gasteiger partial charge in [0.2, 0.25) is 10.0 Å². The zero-order chi connectivity index (χ0) is 16.5. The summed E-state index contributed by atoms with van der Waals surface area (Å²) in [7, 11) is -2.22. The van der Waals surface area contributed by atoms with E-state index >= 15 is 0 Å². The third-order valence-corrected chi connectivity index (χ3v) is 6.52. The molecule has 1 aromatic heterocycles. The Kier molecular flexibility index (Phi) is 4.46. The predicted molar refractivity (Wildman–Crippen MR) is 89.1 cm³/mol. The van der Waals surface area contributed by atoms with Crippen LogP contribution in [0.4, 0.5) is 0 Å². The molecule has 1 aliphatic carbocycles. The standard InChI is InChI=1S/C16H19NO4S2/c1-21-13-4-2-5-14(10-13)23(19,20)17-11-16(18,12-7-8-12)15-6-3-9-22-15/h2-6,9-10,12,17-18H,7-8,11H2,1H3. The molecule has 1 saturated carbocycles. The van der Waals surface area contributed by atoms with Gasteiger partial charge in [0.05, 0.1) is 12.0 Å². The van der Waals surface area contributed by atoms with E-state index in [-0.39, 0.29) is 17.4 Å². The molecule has 124 valence electrons. The van der Waals surface area contributed by atoms with Gasteiger partial charge in [-0.15, -0.1) is 11.3 Å². The average molecular weight is 353 g/mol. The average Bonchev–Trinajstić information content (AvgIpc) is 3.28. The van der Waals surface area contributed by atoms with Crippen molar-refractivity contribution in [1.29, 1.82) is 0 Å². The van der Waals surface area contributed by atoms with E-state index in [0.717, 1.165) is 17.7 Å². The Bertz CT molecular complexity index is 769. The van der Waals surface area contributed by atoms with Crippen LogP contribution in [0.15, 0.2) is 46.7 Å². The maximum absolute atomic E-state index is 12.5. The van der Waals surface area contributed by atoms with Crippen LogP contribution in [0.5, 0.6) is 5.75 Å². The minimum Gasteiger partial charge on any atom is -0.497 e. The van der Waals surface area contributed by atoms with E-state index in [0.29, 0.717) is 5.75 Å². The molecule has 23 heavy (non-hydrogen) atoms. The molecule has 1 aliphatic rings. The van der Waals surface area contributed by atoms with Crippen molar-refractivity contribution in [2.24, 2.45) is 5.92 Å². The topological polar surface area (TPSA) is 75.6 Å². The Hall–Kier alpha value is -1.41. The van der Waals surface area contributed by atoms with Gasteiger partial charge in [0.1, 0.15) is 11.4 Å². The molecular weight excluding hydrogens is 334 g/mol. The molecule has 1 unspecified atom stereocenters. The molecule has 0 radical (unpaired) electrons. The van der Waals surface area contributed by atoms with E-state index in [9.17, 15) is 13.5 Å². The lowest BCUT2D eigenvalue weighted by Gasteiger charge is -2.27. The zero-order valence-electron chi connectivity index (χ0n) is 12.7. The Morgan fingerprint density at radius 2 is 2.13 bits per heavy atom. The van der Waals surface area contributed by atoms with Gasteiger partial charge < -0.3 is 9.84 Å². The van der Waals surface area contributed by atoms with Crippen molar-refractivity contribution in [3.8, 4) is 5.75 Å². The van der Waals surface area contributed by atoms with Crippen LogP contribution >= 0.6 is 11.3 Å². The smallest absolute Gasteiger partial charge is 0.240 e. The van der Waals surface area contributed by atoms with Gasteiger partial charge in [0.25, 0.3) is 0 Å². The Balaban J connectivity index is 1.80. The van der Waals surface area contributed by atoms with E-state index < -0.39 is 15.6 Å². The third-order valence-electron chi connectivity index (χ3n) is 4.08. The summed E-state index contributed by atoms with van der Waals surface area (Å²) in [6.07, 6.45) is 1.82. The highest BCUT2D eigenvalue weighted by Crippen LogP contribution is 2.46. The second kappa shape index (κ2) is 6.24. The van der Waals surface area contributed by atoms with E-state index in [1.165, 1.54) is 30.6 Å². The fourth-order valence-corrected chi connectivity index (χ4v) is 4.58. The first-order chi connectivity index (χ1) is 11.0. The largest absolute Gasteiger partial charge is 0.497 e. The number of rotatable bonds is 7. The predicted octanol–water partition coefficient (Wildman–Crippen LogP) is 2.33. The molecule has 1 heterocycles. The second-order valence-electron chi connectivity index (χ2n) is 5.68. The summed E-state index contributed by atoms with van der Waals surface area (Å²) in [6.45, 7) is -0.0300. The van der Waals surface area contributed by atoms with Gasteiger partial charge in [-0.05, 0) is 42.3 Å². The van der Waals surface area contributed by atoms with Crippen LogP contribution in [-0.2, 0) is 15.6 Å². The monoisotopic (exact) mass is 353 g/mol. The number of ether oxygens (including phenoxy) is 1. The first kappa shape index (κ1) is 16.4. The first-order valence-corrected chi connectivity index (χ1v) is 9.72. The lowest BCUT2D eigenvalue weighted by molar-refractivity contribution is 0.0222. The van der Waals surface area contributed by atoms with Gasteiger partial charge in [-0.2, -0.15) is 0 Å². The van der Waals surface area contributed by atoms with Crippen molar-refractivity contribution in [3.05, 3.63) is 46.7 Å². The number of methoxy groups -OCH3 is 1. The van der Waals surface area contributed by atoms with E-state index in [2.05, 4.69) is 4.72 Å². The summed E-state index contributed by atoms with van der Waals surface area (Å²) in [5, 5.41) is 12.9. The summed E-state index contributed by atoms with van der Waals surface area (Å²) >= 11 is 1.45. The molecule has 0 spiro atoms. The molecule has 1 aromatic carbocycles. The molecule has 1 fully saturated rings. The number of nitrogens with one attached hydrogen (secondary N) is 1. The Morgan fingerprint density at radius 3 is 2.74 bits per heavy atom. The number of thiophene rings is 1. The van der Waals surface area contributed by atoms with Crippen LogP contribution in [0.25, 0.3) is 0 Å². The number of hydrogen-bond acceptors (Lipinski definition) is 5. The van der Waals surface area contributed by atoms with Crippen LogP contribution in [0, 0.1) is 5.92 Å². The minimum atomic E-state index is -3.71. The van der Waals surface area contributed by atoms with Gasteiger partial charge in [-0.25, -0.2) is 13.1 Å². The van der Waals surface area contributed by atoms with E-state index in [1.807, 2.05) is 17.5 Å². The summed E-state index contributed by atoms with van der Waals surface area (Å²) in [4.78, 5) is 0.925. The number of hydrogen-bond donors (Lipinski definition) is 2. The maximum Gasteiger partial charge on any atom is 0.240 e. The van der Waals surface area contributed by atoms with Crippen LogP contribution in [0.1, 0.15) is 17.7 Å². The lowest BCUT2D eigenvalue weighted by atomic mass is 9.96. The number of benzene rings is 1. The second-order valence-corrected chi connectivity index (χ2v) is 8.39. The molecular formula is C16H19NO4S2. The van der Waals surface area contributed by atoms with Gasteiger partial charge >= 0.3 is 0 Å². The molecule has 2 aromatic rings. The molecule has 2 N–H and O–H groups in total. The van der Waals surface area contributed by atoms with Gasteiger partial charge in [0, 0.05) is 17.5 Å². The van der Waals surface area contributed by atoms with Crippen molar-refractivity contribution in [3.63, 3.8) is 0 Å². The van der Waals surface area contributed by atoms with Crippen molar-refractivity contribution < 1.29 is 18.3 Å². The third kappa shape index (κ3) is 3.42. The molecule has 7 heteroatoms. The first-order valence-electron chi connectivity index (χ1n) is 7.36. The SMILES string of the molecule is COc1cccc(S(=O)(=O)NCC(O)(c2cccs2)C2CC2)c1. The maximum atomic E-state index is 12.5. The van der Waals surface area contributed by atoms with Gasteiger partial charge in [-0.3, -0.25) is 0 Å². The summed E-state index contributed by atoms with van der Waals surface area (Å²) in [5.74, 6) is 0.581. The minimum absolute atomic E-state index is 0.0300. The molecule has 5 nitrogen and oxygen atoms in total. The molecule has 1 atom stereocenters. The Morgan fingerprint density at radius 1 is 1.35 bits per heavy atom. The van der Waals surface area contributed by atoms with E-state index in [4.69, 9.17) is 4.74 Å². The molecule has 0 aliphatic heterocycles. The van der Waals surface area contributed by atoms with Crippen molar-refractivity contribution in [2.45, 2.75) is 23.3 Å². The normalized spacial score (nSPS) is 17.7. The number of sulfonamides is 1. The summed E-state index contributed by atoms with van der Waals surface area (Å²) in [5.41, 5.74) is -1.14. The lowest BCUT2D eigenvalue weighted by Crippen LogP contribution is -2.41. The van der Waals surface area contributed by atoms with Crippen molar-refractivity contribution in [2.75, 3.05) is 13.7 Å². The molecule has 0 saturated heterocycles. The summed E-state index contributed by atoms with van der Waals surface area (Å²) < 4.78 is 32.6. The molecule has 3 rings (SSSR count). The fraction of sp³-hybridized carbons (Fsp3) is 0.375.